The van der Waals surface area contributed by atoms with E-state index in [1.54, 1.807) is 6.20 Å². The van der Waals surface area contributed by atoms with Crippen molar-refractivity contribution in [3.05, 3.63) is 60.6 Å². The lowest BCUT2D eigenvalue weighted by atomic mass is 10.2. The van der Waals surface area contributed by atoms with E-state index >= 15 is 0 Å². The molecule has 1 aromatic rings. The van der Waals surface area contributed by atoms with Crippen molar-refractivity contribution in [3.8, 4) is 0 Å². The van der Waals surface area contributed by atoms with Gasteiger partial charge in [0.15, 0.2) is 0 Å². The molecule has 0 fully saturated rings. The molecule has 0 unspecified atom stereocenters. The monoisotopic (exact) mass is 282 g/mol. The molecule has 0 saturated carbocycles. The predicted octanol–water partition coefficient (Wildman–Crippen LogP) is 4.47. The molecule has 110 valence electrons. The standard InChI is InChI=1S/C17H22N4/c1-4-21(5-2)16-11-9-15(10-12-16)19-18-14-17-8-6-7-13-20(17)3/h6-14H,4-5H2,1-3H3/b17-14+,19-18?. The molecule has 0 bridgehead atoms. The first-order valence-electron chi connectivity index (χ1n) is 7.28. The highest BCUT2D eigenvalue weighted by Gasteiger charge is 2.01. The van der Waals surface area contributed by atoms with Crippen molar-refractivity contribution >= 4 is 11.4 Å². The second-order valence-corrected chi connectivity index (χ2v) is 4.77. The van der Waals surface area contributed by atoms with Crippen LogP contribution in [0.3, 0.4) is 0 Å². The highest BCUT2D eigenvalue weighted by atomic mass is 15.1. The highest BCUT2D eigenvalue weighted by molar-refractivity contribution is 5.52. The lowest BCUT2D eigenvalue weighted by Crippen LogP contribution is -2.21. The van der Waals surface area contributed by atoms with Crippen LogP contribution in [0.4, 0.5) is 11.4 Å². The van der Waals surface area contributed by atoms with Gasteiger partial charge in [-0.2, -0.15) is 10.2 Å². The SMILES string of the molecule is CCN(CC)c1ccc(N=N/C=C2\C=CC=CN2C)cc1. The predicted molar refractivity (Wildman–Crippen MR) is 88.6 cm³/mol. The van der Waals surface area contributed by atoms with E-state index in [0.29, 0.717) is 0 Å². The molecule has 0 aromatic heterocycles. The second-order valence-electron chi connectivity index (χ2n) is 4.77. The average Bonchev–Trinajstić information content (AvgIpc) is 2.52. The van der Waals surface area contributed by atoms with Crippen LogP contribution in [0.2, 0.25) is 0 Å². The van der Waals surface area contributed by atoms with Gasteiger partial charge < -0.3 is 9.80 Å². The average molecular weight is 282 g/mol. The number of hydrogen-bond donors (Lipinski definition) is 0. The summed E-state index contributed by atoms with van der Waals surface area (Å²) < 4.78 is 0. The van der Waals surface area contributed by atoms with Crippen LogP contribution < -0.4 is 4.90 Å². The summed E-state index contributed by atoms with van der Waals surface area (Å²) in [5, 5.41) is 8.39. The molecule has 0 amide bonds. The van der Waals surface area contributed by atoms with Crippen LogP contribution in [0, 0.1) is 0 Å². The van der Waals surface area contributed by atoms with Gasteiger partial charge in [0.2, 0.25) is 0 Å². The van der Waals surface area contributed by atoms with E-state index in [1.807, 2.05) is 48.5 Å². The third-order valence-electron chi connectivity index (χ3n) is 3.44. The van der Waals surface area contributed by atoms with Crippen LogP contribution in [-0.2, 0) is 0 Å². The summed E-state index contributed by atoms with van der Waals surface area (Å²) in [4.78, 5) is 4.31. The molecule has 0 saturated heterocycles. The molecule has 0 radical (unpaired) electrons. The summed E-state index contributed by atoms with van der Waals surface area (Å²) in [6.45, 7) is 6.34. The van der Waals surface area contributed by atoms with Crippen molar-refractivity contribution in [2.24, 2.45) is 10.2 Å². The van der Waals surface area contributed by atoms with Gasteiger partial charge in [0.05, 0.1) is 17.6 Å². The van der Waals surface area contributed by atoms with Gasteiger partial charge in [-0.15, -0.1) is 0 Å². The topological polar surface area (TPSA) is 31.2 Å². The van der Waals surface area contributed by atoms with Gasteiger partial charge >= 0.3 is 0 Å². The number of anilines is 1. The summed E-state index contributed by atoms with van der Waals surface area (Å²) in [6, 6.07) is 8.17. The molecular weight excluding hydrogens is 260 g/mol. The summed E-state index contributed by atoms with van der Waals surface area (Å²) in [7, 11) is 1.99. The van der Waals surface area contributed by atoms with E-state index in [9.17, 15) is 0 Å². The van der Waals surface area contributed by atoms with Gasteiger partial charge in [0, 0.05) is 32.0 Å². The molecule has 1 aliphatic heterocycles. The molecule has 21 heavy (non-hydrogen) atoms. The zero-order valence-corrected chi connectivity index (χ0v) is 12.9. The molecule has 0 N–H and O–H groups in total. The zero-order chi connectivity index (χ0) is 15.1. The molecule has 0 spiro atoms. The fraction of sp³-hybridized carbons (Fsp3) is 0.294. The number of hydrogen-bond acceptors (Lipinski definition) is 4. The van der Waals surface area contributed by atoms with Crippen LogP contribution in [0.25, 0.3) is 0 Å². The Balaban J connectivity index is 2.03. The minimum atomic E-state index is 0.862. The maximum Gasteiger partial charge on any atom is 0.0858 e. The molecule has 1 heterocycles. The fourth-order valence-corrected chi connectivity index (χ4v) is 2.14. The number of nitrogens with zero attached hydrogens (tertiary/aromatic N) is 4. The van der Waals surface area contributed by atoms with Gasteiger partial charge in [-0.3, -0.25) is 0 Å². The second kappa shape index (κ2) is 7.43. The number of likely N-dealkylation sites (N-methyl/N-ethyl adjacent to an activating group) is 1. The quantitative estimate of drug-likeness (QED) is 0.746. The summed E-state index contributed by atoms with van der Waals surface area (Å²) in [5.74, 6) is 0. The Kier molecular flexibility index (Phi) is 5.32. The Labute approximate surface area is 126 Å². The van der Waals surface area contributed by atoms with E-state index in [2.05, 4.69) is 41.1 Å². The fourth-order valence-electron chi connectivity index (χ4n) is 2.14. The minimum absolute atomic E-state index is 0.862. The molecule has 2 rings (SSSR count). The van der Waals surface area contributed by atoms with Gasteiger partial charge in [0.1, 0.15) is 0 Å². The molecular formula is C17H22N4. The molecule has 4 heteroatoms. The Morgan fingerprint density at radius 2 is 1.81 bits per heavy atom. The van der Waals surface area contributed by atoms with Crippen molar-refractivity contribution in [2.45, 2.75) is 13.8 Å². The summed E-state index contributed by atoms with van der Waals surface area (Å²) in [5.41, 5.74) is 3.10. The lowest BCUT2D eigenvalue weighted by molar-refractivity contribution is 0.581. The van der Waals surface area contributed by atoms with Crippen molar-refractivity contribution in [3.63, 3.8) is 0 Å². The van der Waals surface area contributed by atoms with Gasteiger partial charge in [-0.1, -0.05) is 6.08 Å². The minimum Gasteiger partial charge on any atom is -0.372 e. The number of azo groups is 1. The third kappa shape index (κ3) is 4.05. The van der Waals surface area contributed by atoms with Crippen molar-refractivity contribution in [1.29, 1.82) is 0 Å². The van der Waals surface area contributed by atoms with Gasteiger partial charge in [-0.25, -0.2) is 0 Å². The van der Waals surface area contributed by atoms with E-state index in [-0.39, 0.29) is 0 Å². The molecule has 0 aliphatic carbocycles. The first kappa shape index (κ1) is 15.0. The normalized spacial score (nSPS) is 16.1. The number of benzene rings is 1. The van der Waals surface area contributed by atoms with E-state index in [1.165, 1.54) is 5.69 Å². The van der Waals surface area contributed by atoms with Crippen LogP contribution in [0.5, 0.6) is 0 Å². The van der Waals surface area contributed by atoms with E-state index in [4.69, 9.17) is 0 Å². The largest absolute Gasteiger partial charge is 0.372 e. The van der Waals surface area contributed by atoms with Crippen molar-refractivity contribution in [1.82, 2.24) is 4.90 Å². The van der Waals surface area contributed by atoms with Crippen LogP contribution in [0.1, 0.15) is 13.8 Å². The highest BCUT2D eigenvalue weighted by Crippen LogP contribution is 2.20. The Morgan fingerprint density at radius 1 is 1.10 bits per heavy atom. The molecule has 1 aliphatic rings. The zero-order valence-electron chi connectivity index (χ0n) is 12.9. The van der Waals surface area contributed by atoms with E-state index < -0.39 is 0 Å². The first-order valence-corrected chi connectivity index (χ1v) is 7.28. The van der Waals surface area contributed by atoms with E-state index in [0.717, 1.165) is 24.5 Å². The lowest BCUT2D eigenvalue weighted by Gasteiger charge is -2.20. The van der Waals surface area contributed by atoms with Crippen molar-refractivity contribution in [2.75, 3.05) is 25.0 Å². The summed E-state index contributed by atoms with van der Waals surface area (Å²) >= 11 is 0. The Hall–Kier alpha value is -2.36. The van der Waals surface area contributed by atoms with Crippen molar-refractivity contribution < 1.29 is 0 Å². The van der Waals surface area contributed by atoms with Crippen LogP contribution in [0.15, 0.2) is 70.8 Å². The molecule has 1 aromatic carbocycles. The number of allylic oxidation sites excluding steroid dienone is 3. The van der Waals surface area contributed by atoms with Gasteiger partial charge in [0.25, 0.3) is 0 Å². The number of rotatable bonds is 5. The third-order valence-corrected chi connectivity index (χ3v) is 3.44. The first-order chi connectivity index (χ1) is 10.2. The maximum absolute atomic E-state index is 4.23. The smallest absolute Gasteiger partial charge is 0.0858 e. The Morgan fingerprint density at radius 3 is 2.43 bits per heavy atom. The van der Waals surface area contributed by atoms with Crippen LogP contribution >= 0.6 is 0 Å². The molecule has 4 nitrogen and oxygen atoms in total. The van der Waals surface area contributed by atoms with Crippen LogP contribution in [-0.4, -0.2) is 25.0 Å². The molecule has 0 atom stereocenters. The van der Waals surface area contributed by atoms with Gasteiger partial charge in [-0.05, 0) is 50.3 Å². The maximum atomic E-state index is 4.23. The summed E-state index contributed by atoms with van der Waals surface area (Å²) in [6.07, 6.45) is 9.72. The Bertz CT molecular complexity index is 563.